The molecule has 3 aromatic rings. The number of para-hydroxylation sites is 2. The summed E-state index contributed by atoms with van der Waals surface area (Å²) >= 11 is 0. The largest absolute Gasteiger partial charge is 0.495 e. The third-order valence-corrected chi connectivity index (χ3v) is 3.53. The number of amides is 1. The third kappa shape index (κ3) is 2.36. The highest BCUT2D eigenvalue weighted by Gasteiger charge is 2.13. The zero-order chi connectivity index (χ0) is 14.8. The van der Waals surface area contributed by atoms with E-state index in [0.717, 1.165) is 10.9 Å². The number of rotatable bonds is 3. The van der Waals surface area contributed by atoms with Gasteiger partial charge in [-0.25, -0.2) is 0 Å². The number of aryl methyl sites for hydroxylation is 1. The topological polar surface area (TPSA) is 43.3 Å². The first kappa shape index (κ1) is 13.2. The summed E-state index contributed by atoms with van der Waals surface area (Å²) in [5.74, 6) is 0.502. The number of nitrogens with one attached hydrogen (secondary N) is 1. The molecular weight excluding hydrogens is 264 g/mol. The van der Waals surface area contributed by atoms with Crippen LogP contribution >= 0.6 is 0 Å². The number of aromatic nitrogens is 1. The Hall–Kier alpha value is -2.75. The summed E-state index contributed by atoms with van der Waals surface area (Å²) in [5.41, 5.74) is 2.35. The molecule has 0 fully saturated rings. The Balaban J connectivity index is 1.98. The summed E-state index contributed by atoms with van der Waals surface area (Å²) in [6.45, 7) is 0. The van der Waals surface area contributed by atoms with Gasteiger partial charge in [0.15, 0.2) is 0 Å². The fourth-order valence-corrected chi connectivity index (χ4v) is 2.44. The van der Waals surface area contributed by atoms with Gasteiger partial charge < -0.3 is 14.6 Å². The van der Waals surface area contributed by atoms with Gasteiger partial charge in [-0.1, -0.05) is 18.2 Å². The first-order chi connectivity index (χ1) is 10.2. The molecule has 0 unspecified atom stereocenters. The van der Waals surface area contributed by atoms with Crippen LogP contribution in [0.15, 0.2) is 54.7 Å². The maximum atomic E-state index is 12.5. The second-order valence-corrected chi connectivity index (χ2v) is 4.82. The zero-order valence-corrected chi connectivity index (χ0v) is 12.0. The van der Waals surface area contributed by atoms with E-state index in [-0.39, 0.29) is 5.91 Å². The van der Waals surface area contributed by atoms with E-state index in [9.17, 15) is 4.79 Å². The van der Waals surface area contributed by atoms with Gasteiger partial charge in [0.1, 0.15) is 5.75 Å². The van der Waals surface area contributed by atoms with Crippen LogP contribution in [0.25, 0.3) is 10.9 Å². The molecule has 0 saturated carbocycles. The Morgan fingerprint density at radius 1 is 1.10 bits per heavy atom. The van der Waals surface area contributed by atoms with E-state index in [1.165, 1.54) is 0 Å². The molecule has 2 aromatic carbocycles. The molecule has 0 atom stereocenters. The lowest BCUT2D eigenvalue weighted by molar-refractivity contribution is 0.102. The van der Waals surface area contributed by atoms with E-state index in [4.69, 9.17) is 4.74 Å². The maximum absolute atomic E-state index is 12.5. The van der Waals surface area contributed by atoms with Crippen molar-refractivity contribution in [1.29, 1.82) is 0 Å². The van der Waals surface area contributed by atoms with Crippen molar-refractivity contribution in [1.82, 2.24) is 4.57 Å². The predicted octanol–water partition coefficient (Wildman–Crippen LogP) is 3.44. The van der Waals surface area contributed by atoms with Gasteiger partial charge >= 0.3 is 0 Å². The molecule has 4 nitrogen and oxygen atoms in total. The smallest absolute Gasteiger partial charge is 0.256 e. The summed E-state index contributed by atoms with van der Waals surface area (Å²) in [7, 11) is 3.55. The average Bonchev–Trinajstić information content (AvgIpc) is 2.89. The summed E-state index contributed by atoms with van der Waals surface area (Å²) in [5, 5.41) is 3.84. The minimum atomic E-state index is -0.142. The van der Waals surface area contributed by atoms with Crippen LogP contribution in [0.3, 0.4) is 0 Å². The van der Waals surface area contributed by atoms with Crippen molar-refractivity contribution in [2.45, 2.75) is 0 Å². The highest BCUT2D eigenvalue weighted by molar-refractivity contribution is 6.13. The lowest BCUT2D eigenvalue weighted by atomic mass is 10.1. The summed E-state index contributed by atoms with van der Waals surface area (Å²) in [4.78, 5) is 12.5. The van der Waals surface area contributed by atoms with Gasteiger partial charge in [-0.2, -0.15) is 0 Å². The number of carbonyl (C=O) groups is 1. The van der Waals surface area contributed by atoms with Gasteiger partial charge in [0.2, 0.25) is 0 Å². The highest BCUT2D eigenvalue weighted by atomic mass is 16.5. The van der Waals surface area contributed by atoms with Gasteiger partial charge in [0, 0.05) is 29.7 Å². The average molecular weight is 280 g/mol. The molecule has 0 aliphatic rings. The first-order valence-electron chi connectivity index (χ1n) is 6.69. The van der Waals surface area contributed by atoms with Crippen LogP contribution in [0.2, 0.25) is 0 Å². The van der Waals surface area contributed by atoms with Gasteiger partial charge in [0.25, 0.3) is 5.91 Å². The second kappa shape index (κ2) is 5.32. The van der Waals surface area contributed by atoms with Crippen molar-refractivity contribution >= 4 is 22.5 Å². The first-order valence-corrected chi connectivity index (χ1v) is 6.69. The molecular formula is C17H16N2O2. The van der Waals surface area contributed by atoms with E-state index >= 15 is 0 Å². The molecule has 21 heavy (non-hydrogen) atoms. The zero-order valence-electron chi connectivity index (χ0n) is 12.0. The van der Waals surface area contributed by atoms with Crippen molar-refractivity contribution in [2.24, 2.45) is 7.05 Å². The Morgan fingerprint density at radius 2 is 1.90 bits per heavy atom. The molecule has 4 heteroatoms. The number of hydrogen-bond donors (Lipinski definition) is 1. The number of fused-ring (bicyclic) bond motifs is 1. The number of benzene rings is 2. The molecule has 106 valence electrons. The molecule has 3 rings (SSSR count). The lowest BCUT2D eigenvalue weighted by Gasteiger charge is -2.10. The van der Waals surface area contributed by atoms with Gasteiger partial charge in [-0.05, 0) is 30.3 Å². The molecule has 0 aliphatic carbocycles. The quantitative estimate of drug-likeness (QED) is 0.798. The molecule has 1 N–H and O–H groups in total. The van der Waals surface area contributed by atoms with Crippen LogP contribution in [-0.2, 0) is 7.05 Å². The van der Waals surface area contributed by atoms with Gasteiger partial charge in [0.05, 0.1) is 12.8 Å². The molecule has 0 spiro atoms. The Morgan fingerprint density at radius 3 is 2.71 bits per heavy atom. The summed E-state index contributed by atoms with van der Waals surface area (Å²) in [6, 6.07) is 15.0. The SMILES string of the molecule is COc1ccccc1NC(=O)c1cccc2c1ccn2C. The van der Waals surface area contributed by atoms with E-state index in [1.807, 2.05) is 66.3 Å². The van der Waals surface area contributed by atoms with Crippen LogP contribution in [0, 0.1) is 0 Å². The minimum absolute atomic E-state index is 0.142. The lowest BCUT2D eigenvalue weighted by Crippen LogP contribution is -2.12. The van der Waals surface area contributed by atoms with Crippen LogP contribution in [0.5, 0.6) is 5.75 Å². The number of methoxy groups -OCH3 is 1. The normalized spacial score (nSPS) is 10.6. The van der Waals surface area contributed by atoms with Gasteiger partial charge in [-0.3, -0.25) is 4.79 Å². The fraction of sp³-hybridized carbons (Fsp3) is 0.118. The van der Waals surface area contributed by atoms with E-state index in [0.29, 0.717) is 17.0 Å². The minimum Gasteiger partial charge on any atom is -0.495 e. The van der Waals surface area contributed by atoms with Crippen LogP contribution in [0.1, 0.15) is 10.4 Å². The fourth-order valence-electron chi connectivity index (χ4n) is 2.44. The molecule has 0 radical (unpaired) electrons. The second-order valence-electron chi connectivity index (χ2n) is 4.82. The monoisotopic (exact) mass is 280 g/mol. The number of carbonyl (C=O) groups excluding carboxylic acids is 1. The van der Waals surface area contributed by atoms with Crippen LogP contribution in [-0.4, -0.2) is 17.6 Å². The van der Waals surface area contributed by atoms with E-state index in [1.54, 1.807) is 7.11 Å². The van der Waals surface area contributed by atoms with Crippen molar-refractivity contribution in [3.8, 4) is 5.75 Å². The standard InChI is InChI=1S/C17H16N2O2/c1-19-11-10-12-13(6-5-8-15(12)19)17(20)18-14-7-3-4-9-16(14)21-2/h3-11H,1-2H3,(H,18,20). The molecule has 0 aliphatic heterocycles. The van der Waals surface area contributed by atoms with Crippen molar-refractivity contribution in [2.75, 3.05) is 12.4 Å². The Bertz CT molecular complexity index is 805. The molecule has 1 heterocycles. The predicted molar refractivity (Wildman–Crippen MR) is 83.9 cm³/mol. The van der Waals surface area contributed by atoms with Crippen LogP contribution < -0.4 is 10.1 Å². The maximum Gasteiger partial charge on any atom is 0.256 e. The number of hydrogen-bond acceptors (Lipinski definition) is 2. The number of anilines is 1. The third-order valence-electron chi connectivity index (χ3n) is 3.53. The van der Waals surface area contributed by atoms with Crippen molar-refractivity contribution < 1.29 is 9.53 Å². The molecule has 0 bridgehead atoms. The van der Waals surface area contributed by atoms with Crippen molar-refractivity contribution in [3.05, 3.63) is 60.3 Å². The van der Waals surface area contributed by atoms with Crippen LogP contribution in [0.4, 0.5) is 5.69 Å². The number of ether oxygens (including phenoxy) is 1. The highest BCUT2D eigenvalue weighted by Crippen LogP contribution is 2.25. The summed E-state index contributed by atoms with van der Waals surface area (Å²) in [6.07, 6.45) is 1.95. The van der Waals surface area contributed by atoms with Gasteiger partial charge in [-0.15, -0.1) is 0 Å². The summed E-state index contributed by atoms with van der Waals surface area (Å²) < 4.78 is 7.25. The molecule has 0 saturated heterocycles. The van der Waals surface area contributed by atoms with Crippen molar-refractivity contribution in [3.63, 3.8) is 0 Å². The Labute approximate surface area is 123 Å². The van der Waals surface area contributed by atoms with E-state index < -0.39 is 0 Å². The molecule has 1 amide bonds. The van der Waals surface area contributed by atoms with E-state index in [2.05, 4.69) is 5.32 Å². The number of nitrogens with zero attached hydrogens (tertiary/aromatic N) is 1. The Kier molecular flexibility index (Phi) is 3.36. The molecule has 1 aromatic heterocycles.